The number of nitrogens with one attached hydrogen (secondary N) is 1. The maximum absolute atomic E-state index is 13.2. The second-order valence-electron chi connectivity index (χ2n) is 7.82. The summed E-state index contributed by atoms with van der Waals surface area (Å²) in [5.41, 5.74) is 2.77. The Morgan fingerprint density at radius 2 is 1.82 bits per heavy atom. The average molecular weight is 446 g/mol. The number of nitro groups is 1. The summed E-state index contributed by atoms with van der Waals surface area (Å²) in [7, 11) is 0. The number of fused-ring (bicyclic) bond motifs is 1. The van der Waals surface area contributed by atoms with Crippen LogP contribution in [0.15, 0.2) is 65.1 Å². The molecule has 1 aliphatic heterocycles. The third-order valence-electron chi connectivity index (χ3n) is 5.62. The van der Waals surface area contributed by atoms with Crippen molar-refractivity contribution in [2.24, 2.45) is 0 Å². The van der Waals surface area contributed by atoms with Crippen LogP contribution in [-0.4, -0.2) is 28.9 Å². The molecule has 33 heavy (non-hydrogen) atoms. The van der Waals surface area contributed by atoms with Crippen molar-refractivity contribution in [2.75, 3.05) is 23.3 Å². The number of amides is 1. The molecule has 1 aliphatic rings. The van der Waals surface area contributed by atoms with Crippen LogP contribution in [0, 0.1) is 15.9 Å². The van der Waals surface area contributed by atoms with Gasteiger partial charge >= 0.3 is 0 Å². The molecule has 0 bridgehead atoms. The quantitative estimate of drug-likeness (QED) is 0.326. The van der Waals surface area contributed by atoms with Gasteiger partial charge in [-0.25, -0.2) is 9.37 Å². The zero-order chi connectivity index (χ0) is 22.9. The molecule has 0 unspecified atom stereocenters. The maximum Gasteiger partial charge on any atom is 0.293 e. The Labute approximate surface area is 187 Å². The number of rotatable bonds is 5. The number of benzene rings is 3. The molecule has 5 rings (SSSR count). The van der Waals surface area contributed by atoms with Gasteiger partial charge in [-0.3, -0.25) is 14.9 Å². The number of hydrogen-bond donors (Lipinski definition) is 1. The third kappa shape index (κ3) is 4.12. The zero-order valence-corrected chi connectivity index (χ0v) is 17.5. The molecule has 1 amide bonds. The topological polar surface area (TPSA) is 102 Å². The summed E-state index contributed by atoms with van der Waals surface area (Å²) >= 11 is 0. The Hall–Kier alpha value is -4.27. The Morgan fingerprint density at radius 1 is 1.06 bits per heavy atom. The van der Waals surface area contributed by atoms with Crippen LogP contribution in [0.3, 0.4) is 0 Å². The fourth-order valence-corrected chi connectivity index (χ4v) is 3.96. The lowest BCUT2D eigenvalue weighted by Gasteiger charge is -2.17. The number of halogens is 1. The van der Waals surface area contributed by atoms with E-state index in [0.29, 0.717) is 33.9 Å². The number of aromatic nitrogens is 1. The zero-order valence-electron chi connectivity index (χ0n) is 17.5. The van der Waals surface area contributed by atoms with Crippen molar-refractivity contribution < 1.29 is 18.5 Å². The molecule has 0 saturated carbocycles. The van der Waals surface area contributed by atoms with Gasteiger partial charge in [0, 0.05) is 36.0 Å². The summed E-state index contributed by atoms with van der Waals surface area (Å²) in [6, 6.07) is 15.3. The first-order valence-corrected chi connectivity index (χ1v) is 10.5. The standard InChI is InChI=1S/C24H19FN4O4/c25-17-6-3-15(4-7-17)24-27-19-14-18(8-10-22(19)33-24)26-23(30)16-5-9-20(21(13-16)29(31)32)28-11-1-2-12-28/h3-10,13-14H,1-2,11-12H2,(H,26,30). The Bertz CT molecular complexity index is 1360. The highest BCUT2D eigenvalue weighted by atomic mass is 19.1. The predicted molar refractivity (Wildman–Crippen MR) is 122 cm³/mol. The summed E-state index contributed by atoms with van der Waals surface area (Å²) in [6.07, 6.45) is 1.99. The van der Waals surface area contributed by atoms with Gasteiger partial charge in [0.05, 0.1) is 4.92 Å². The van der Waals surface area contributed by atoms with Crippen molar-refractivity contribution in [3.63, 3.8) is 0 Å². The minimum absolute atomic E-state index is 0.0829. The SMILES string of the molecule is O=C(Nc1ccc2oc(-c3ccc(F)cc3)nc2c1)c1ccc(N2CCCC2)c([N+](=O)[O-])c1. The molecule has 0 radical (unpaired) electrons. The molecule has 166 valence electrons. The van der Waals surface area contributed by atoms with Crippen molar-refractivity contribution in [1.82, 2.24) is 4.98 Å². The second kappa shape index (κ2) is 8.34. The highest BCUT2D eigenvalue weighted by Crippen LogP contribution is 2.32. The number of anilines is 2. The van der Waals surface area contributed by atoms with Crippen molar-refractivity contribution in [3.8, 4) is 11.5 Å². The maximum atomic E-state index is 13.2. The van der Waals surface area contributed by atoms with Crippen LogP contribution in [-0.2, 0) is 0 Å². The smallest absolute Gasteiger partial charge is 0.293 e. The summed E-state index contributed by atoms with van der Waals surface area (Å²) in [6.45, 7) is 1.54. The highest BCUT2D eigenvalue weighted by molar-refractivity contribution is 6.05. The first-order valence-electron chi connectivity index (χ1n) is 10.5. The lowest BCUT2D eigenvalue weighted by molar-refractivity contribution is -0.384. The first-order chi connectivity index (χ1) is 16.0. The van der Waals surface area contributed by atoms with Crippen molar-refractivity contribution in [1.29, 1.82) is 0 Å². The van der Waals surface area contributed by atoms with Gasteiger partial charge in [0.25, 0.3) is 11.6 Å². The lowest BCUT2D eigenvalue weighted by atomic mass is 10.1. The van der Waals surface area contributed by atoms with Crippen LogP contribution in [0.2, 0.25) is 0 Å². The molecular formula is C24H19FN4O4. The molecule has 3 aromatic carbocycles. The normalized spacial score (nSPS) is 13.4. The fraction of sp³-hybridized carbons (Fsp3) is 0.167. The molecule has 2 heterocycles. The van der Waals surface area contributed by atoms with E-state index in [1.54, 1.807) is 42.5 Å². The monoisotopic (exact) mass is 446 g/mol. The van der Waals surface area contributed by atoms with Crippen LogP contribution < -0.4 is 10.2 Å². The van der Waals surface area contributed by atoms with Crippen molar-refractivity contribution >= 4 is 34.1 Å². The molecule has 1 N–H and O–H groups in total. The van der Waals surface area contributed by atoms with Crippen molar-refractivity contribution in [2.45, 2.75) is 12.8 Å². The summed E-state index contributed by atoms with van der Waals surface area (Å²) in [5, 5.41) is 14.4. The molecule has 8 nitrogen and oxygen atoms in total. The van der Waals surface area contributed by atoms with Gasteiger partial charge in [-0.15, -0.1) is 0 Å². The van der Waals surface area contributed by atoms with E-state index in [4.69, 9.17) is 4.42 Å². The van der Waals surface area contributed by atoms with Crippen molar-refractivity contribution in [3.05, 3.63) is 82.2 Å². The number of nitro benzene ring substituents is 1. The molecular weight excluding hydrogens is 427 g/mol. The minimum Gasteiger partial charge on any atom is -0.436 e. The Balaban J connectivity index is 1.39. The fourth-order valence-electron chi connectivity index (χ4n) is 3.96. The molecule has 0 spiro atoms. The second-order valence-corrected chi connectivity index (χ2v) is 7.82. The van der Waals surface area contributed by atoms with Gasteiger partial charge in [-0.05, 0) is 67.4 Å². The molecule has 0 atom stereocenters. The Morgan fingerprint density at radius 3 is 2.55 bits per heavy atom. The number of carbonyl (C=O) groups excluding carboxylic acids is 1. The van der Waals surface area contributed by atoms with E-state index in [2.05, 4.69) is 10.3 Å². The third-order valence-corrected chi connectivity index (χ3v) is 5.62. The van der Waals surface area contributed by atoms with Gasteiger partial charge in [-0.1, -0.05) is 0 Å². The van der Waals surface area contributed by atoms with E-state index in [9.17, 15) is 19.3 Å². The molecule has 9 heteroatoms. The average Bonchev–Trinajstić information content (AvgIpc) is 3.49. The van der Waals surface area contributed by atoms with E-state index in [0.717, 1.165) is 25.9 Å². The minimum atomic E-state index is -0.465. The Kier molecular flexibility index (Phi) is 5.21. The molecule has 1 aromatic heterocycles. The molecule has 1 fully saturated rings. The van der Waals surface area contributed by atoms with Gasteiger partial charge in [0.15, 0.2) is 5.58 Å². The molecule has 1 saturated heterocycles. The summed E-state index contributed by atoms with van der Waals surface area (Å²) < 4.78 is 18.9. The number of carbonyl (C=O) groups is 1. The molecule has 0 aliphatic carbocycles. The largest absolute Gasteiger partial charge is 0.436 e. The lowest BCUT2D eigenvalue weighted by Crippen LogP contribution is -2.19. The van der Waals surface area contributed by atoms with E-state index in [-0.39, 0.29) is 17.1 Å². The van der Waals surface area contributed by atoms with Crippen LogP contribution in [0.4, 0.5) is 21.5 Å². The van der Waals surface area contributed by atoms with Crippen LogP contribution in [0.25, 0.3) is 22.6 Å². The highest BCUT2D eigenvalue weighted by Gasteiger charge is 2.24. The number of oxazole rings is 1. The first kappa shape index (κ1) is 20.6. The van der Waals surface area contributed by atoms with E-state index >= 15 is 0 Å². The van der Waals surface area contributed by atoms with Crippen LogP contribution >= 0.6 is 0 Å². The van der Waals surface area contributed by atoms with Gasteiger partial charge < -0.3 is 14.6 Å². The summed E-state index contributed by atoms with van der Waals surface area (Å²) in [4.78, 5) is 30.3. The predicted octanol–water partition coefficient (Wildman–Crippen LogP) is 5.39. The van der Waals surface area contributed by atoms with Crippen LogP contribution in [0.5, 0.6) is 0 Å². The number of hydrogen-bond acceptors (Lipinski definition) is 6. The van der Waals surface area contributed by atoms with Gasteiger partial charge in [0.1, 0.15) is 17.0 Å². The van der Waals surface area contributed by atoms with Gasteiger partial charge in [0.2, 0.25) is 5.89 Å². The molecule has 4 aromatic rings. The van der Waals surface area contributed by atoms with E-state index in [1.807, 2.05) is 4.90 Å². The number of nitrogens with zero attached hydrogens (tertiary/aromatic N) is 3. The summed E-state index contributed by atoms with van der Waals surface area (Å²) in [5.74, 6) is -0.483. The van der Waals surface area contributed by atoms with E-state index in [1.165, 1.54) is 18.2 Å². The van der Waals surface area contributed by atoms with E-state index < -0.39 is 10.8 Å². The van der Waals surface area contributed by atoms with Gasteiger partial charge in [-0.2, -0.15) is 0 Å². The van der Waals surface area contributed by atoms with Crippen LogP contribution in [0.1, 0.15) is 23.2 Å².